The van der Waals surface area contributed by atoms with E-state index in [1.54, 1.807) is 12.4 Å². The Balaban J connectivity index is 1.49. The van der Waals surface area contributed by atoms with Crippen LogP contribution in [0.4, 0.5) is 11.6 Å². The number of halogens is 1. The number of nitrogens with one attached hydrogen (secondary N) is 1. The first-order valence-corrected chi connectivity index (χ1v) is 9.61. The van der Waals surface area contributed by atoms with Crippen molar-refractivity contribution in [3.05, 3.63) is 81.6 Å². The molecule has 2 heterocycles. The first-order chi connectivity index (χ1) is 13.5. The van der Waals surface area contributed by atoms with Crippen molar-refractivity contribution >= 4 is 29.1 Å². The SMILES string of the molecule is Cc1cc(C)c(NC(=O)c2cnc(N3CCc4ccccc4C3)nc2)c(Cl)c1. The van der Waals surface area contributed by atoms with E-state index in [4.69, 9.17) is 11.6 Å². The molecule has 1 aromatic heterocycles. The van der Waals surface area contributed by atoms with Crippen LogP contribution in [0.15, 0.2) is 48.8 Å². The van der Waals surface area contributed by atoms with Gasteiger partial charge in [-0.1, -0.05) is 41.9 Å². The van der Waals surface area contributed by atoms with E-state index in [2.05, 4.69) is 44.5 Å². The number of aryl methyl sites for hydroxylation is 2. The van der Waals surface area contributed by atoms with Crippen molar-refractivity contribution in [3.8, 4) is 0 Å². The van der Waals surface area contributed by atoms with Crippen molar-refractivity contribution in [1.82, 2.24) is 9.97 Å². The summed E-state index contributed by atoms with van der Waals surface area (Å²) in [6.07, 6.45) is 4.10. The lowest BCUT2D eigenvalue weighted by Crippen LogP contribution is -2.31. The molecule has 1 amide bonds. The van der Waals surface area contributed by atoms with Gasteiger partial charge in [-0.3, -0.25) is 4.79 Å². The fourth-order valence-electron chi connectivity index (χ4n) is 3.53. The van der Waals surface area contributed by atoms with Crippen molar-refractivity contribution in [1.29, 1.82) is 0 Å². The van der Waals surface area contributed by atoms with Gasteiger partial charge in [0.15, 0.2) is 0 Å². The van der Waals surface area contributed by atoms with Gasteiger partial charge in [-0.15, -0.1) is 0 Å². The van der Waals surface area contributed by atoms with Gasteiger partial charge in [0.25, 0.3) is 5.91 Å². The fourth-order valence-corrected chi connectivity index (χ4v) is 3.90. The van der Waals surface area contributed by atoms with Crippen molar-refractivity contribution in [2.24, 2.45) is 0 Å². The van der Waals surface area contributed by atoms with Gasteiger partial charge >= 0.3 is 0 Å². The van der Waals surface area contributed by atoms with E-state index in [-0.39, 0.29) is 5.91 Å². The minimum Gasteiger partial charge on any atom is -0.336 e. The smallest absolute Gasteiger partial charge is 0.258 e. The van der Waals surface area contributed by atoms with Crippen LogP contribution in [0.25, 0.3) is 0 Å². The molecule has 0 spiro atoms. The summed E-state index contributed by atoms with van der Waals surface area (Å²) in [6, 6.07) is 12.2. The second-order valence-electron chi connectivity index (χ2n) is 7.10. The first-order valence-electron chi connectivity index (χ1n) is 9.23. The molecule has 4 rings (SSSR count). The fraction of sp³-hybridized carbons (Fsp3) is 0.227. The Kier molecular flexibility index (Phi) is 5.01. The molecular weight excluding hydrogens is 372 g/mol. The third-order valence-corrected chi connectivity index (χ3v) is 5.28. The molecular formula is C22H21ClN4O. The zero-order valence-corrected chi connectivity index (χ0v) is 16.6. The quantitative estimate of drug-likeness (QED) is 0.709. The number of aromatic nitrogens is 2. The second kappa shape index (κ2) is 7.60. The Morgan fingerprint density at radius 2 is 1.82 bits per heavy atom. The number of rotatable bonds is 3. The average molecular weight is 393 g/mol. The maximum Gasteiger partial charge on any atom is 0.258 e. The number of hydrogen-bond acceptors (Lipinski definition) is 4. The molecule has 3 aromatic rings. The number of amides is 1. The van der Waals surface area contributed by atoms with Gasteiger partial charge in [0.1, 0.15) is 0 Å². The monoisotopic (exact) mass is 392 g/mol. The largest absolute Gasteiger partial charge is 0.336 e. The zero-order valence-electron chi connectivity index (χ0n) is 15.9. The maximum absolute atomic E-state index is 12.6. The standard InChI is InChI=1S/C22H21ClN4O/c1-14-9-15(2)20(19(23)10-14)26-21(28)18-11-24-22(25-12-18)27-8-7-16-5-3-4-6-17(16)13-27/h3-6,9-12H,7-8,13H2,1-2H3,(H,26,28). The number of carbonyl (C=O) groups excluding carboxylic acids is 1. The summed E-state index contributed by atoms with van der Waals surface area (Å²) in [5.74, 6) is 0.361. The van der Waals surface area contributed by atoms with Crippen molar-refractivity contribution in [3.63, 3.8) is 0 Å². The van der Waals surface area contributed by atoms with Gasteiger partial charge < -0.3 is 10.2 Å². The molecule has 0 saturated carbocycles. The number of benzene rings is 2. The molecule has 6 heteroatoms. The highest BCUT2D eigenvalue weighted by atomic mass is 35.5. The molecule has 0 atom stereocenters. The van der Waals surface area contributed by atoms with E-state index in [9.17, 15) is 4.79 Å². The maximum atomic E-state index is 12.6. The third-order valence-electron chi connectivity index (χ3n) is 4.98. The Morgan fingerprint density at radius 3 is 2.54 bits per heavy atom. The van der Waals surface area contributed by atoms with Gasteiger partial charge in [0, 0.05) is 25.5 Å². The molecule has 0 aliphatic carbocycles. The number of hydrogen-bond donors (Lipinski definition) is 1. The van der Waals surface area contributed by atoms with E-state index >= 15 is 0 Å². The molecule has 5 nitrogen and oxygen atoms in total. The Labute approximate surface area is 169 Å². The predicted molar refractivity (Wildman–Crippen MR) is 112 cm³/mol. The van der Waals surface area contributed by atoms with E-state index < -0.39 is 0 Å². The highest BCUT2D eigenvalue weighted by molar-refractivity contribution is 6.34. The van der Waals surface area contributed by atoms with Crippen LogP contribution in [0.2, 0.25) is 5.02 Å². The summed E-state index contributed by atoms with van der Waals surface area (Å²) >= 11 is 6.28. The average Bonchev–Trinajstić information content (AvgIpc) is 2.70. The predicted octanol–water partition coefficient (Wildman–Crippen LogP) is 4.56. The minimum absolute atomic E-state index is 0.274. The molecule has 28 heavy (non-hydrogen) atoms. The number of carbonyl (C=O) groups is 1. The number of nitrogens with zero attached hydrogens (tertiary/aromatic N) is 3. The van der Waals surface area contributed by atoms with Gasteiger partial charge in [-0.2, -0.15) is 0 Å². The Hall–Kier alpha value is -2.92. The number of anilines is 2. The molecule has 142 valence electrons. The van der Waals surface area contributed by atoms with Crippen LogP contribution in [0.1, 0.15) is 32.6 Å². The van der Waals surface area contributed by atoms with E-state index in [0.29, 0.717) is 22.2 Å². The van der Waals surface area contributed by atoms with Crippen LogP contribution in [0, 0.1) is 13.8 Å². The summed E-state index contributed by atoms with van der Waals surface area (Å²) in [5, 5.41) is 3.39. The lowest BCUT2D eigenvalue weighted by atomic mass is 10.0. The molecule has 1 aliphatic rings. The highest BCUT2D eigenvalue weighted by Gasteiger charge is 2.19. The van der Waals surface area contributed by atoms with Crippen molar-refractivity contribution in [2.45, 2.75) is 26.8 Å². The lowest BCUT2D eigenvalue weighted by molar-refractivity contribution is 0.102. The van der Waals surface area contributed by atoms with Crippen molar-refractivity contribution in [2.75, 3.05) is 16.8 Å². The van der Waals surface area contributed by atoms with Crippen LogP contribution in [0.3, 0.4) is 0 Å². The normalized spacial score (nSPS) is 13.2. The minimum atomic E-state index is -0.274. The summed E-state index contributed by atoms with van der Waals surface area (Å²) in [6.45, 7) is 5.53. The first kappa shape index (κ1) is 18.4. The van der Waals surface area contributed by atoms with Crippen LogP contribution in [-0.4, -0.2) is 22.4 Å². The topological polar surface area (TPSA) is 58.1 Å². The molecule has 0 radical (unpaired) electrons. The van der Waals surface area contributed by atoms with Gasteiger partial charge in [-0.25, -0.2) is 9.97 Å². The lowest BCUT2D eigenvalue weighted by Gasteiger charge is -2.28. The molecule has 0 fully saturated rings. The third kappa shape index (κ3) is 3.71. The Morgan fingerprint density at radius 1 is 1.11 bits per heavy atom. The van der Waals surface area contributed by atoms with E-state index in [0.717, 1.165) is 30.6 Å². The summed E-state index contributed by atoms with van der Waals surface area (Å²) in [5.41, 5.74) is 5.66. The van der Waals surface area contributed by atoms with Gasteiger partial charge in [0.2, 0.25) is 5.95 Å². The molecule has 1 aliphatic heterocycles. The summed E-state index contributed by atoms with van der Waals surface area (Å²) < 4.78 is 0. The van der Waals surface area contributed by atoms with Crippen LogP contribution < -0.4 is 10.2 Å². The summed E-state index contributed by atoms with van der Waals surface area (Å²) in [4.78, 5) is 23.6. The molecule has 0 unspecified atom stereocenters. The van der Waals surface area contributed by atoms with Crippen LogP contribution in [-0.2, 0) is 13.0 Å². The molecule has 2 aromatic carbocycles. The number of fused-ring (bicyclic) bond motifs is 1. The van der Waals surface area contributed by atoms with Crippen LogP contribution >= 0.6 is 11.6 Å². The Bertz CT molecular complexity index is 1010. The van der Waals surface area contributed by atoms with Gasteiger partial charge in [0.05, 0.1) is 16.3 Å². The van der Waals surface area contributed by atoms with E-state index in [1.807, 2.05) is 26.0 Å². The zero-order chi connectivity index (χ0) is 19.7. The molecule has 1 N–H and O–H groups in total. The summed E-state index contributed by atoms with van der Waals surface area (Å²) in [7, 11) is 0. The highest BCUT2D eigenvalue weighted by Crippen LogP contribution is 2.28. The van der Waals surface area contributed by atoms with Crippen LogP contribution in [0.5, 0.6) is 0 Å². The van der Waals surface area contributed by atoms with Gasteiger partial charge in [-0.05, 0) is 48.6 Å². The van der Waals surface area contributed by atoms with E-state index in [1.165, 1.54) is 11.1 Å². The molecule has 0 saturated heterocycles. The molecule has 0 bridgehead atoms. The van der Waals surface area contributed by atoms with Crippen molar-refractivity contribution < 1.29 is 4.79 Å². The second-order valence-corrected chi connectivity index (χ2v) is 7.51.